The van der Waals surface area contributed by atoms with Crippen molar-refractivity contribution in [2.75, 3.05) is 18.0 Å². The van der Waals surface area contributed by atoms with Crippen LogP contribution in [0.4, 0.5) is 5.82 Å². The number of carbonyl (C=O) groups excluding carboxylic acids is 2. The van der Waals surface area contributed by atoms with Gasteiger partial charge in [-0.05, 0) is 62.1 Å². The van der Waals surface area contributed by atoms with Crippen LogP contribution in [-0.4, -0.2) is 48.1 Å². The normalized spacial score (nSPS) is 19.3. The number of amides is 2. The number of nitrogens with one attached hydrogen (secondary N) is 2. The van der Waals surface area contributed by atoms with Gasteiger partial charge in [0.15, 0.2) is 0 Å². The molecule has 8 heteroatoms. The molecule has 1 aromatic heterocycles. The van der Waals surface area contributed by atoms with E-state index in [-0.39, 0.29) is 29.9 Å². The largest absolute Gasteiger partial charge is 0.372 e. The van der Waals surface area contributed by atoms with Crippen molar-refractivity contribution in [1.82, 2.24) is 15.6 Å². The van der Waals surface area contributed by atoms with Crippen molar-refractivity contribution in [3.63, 3.8) is 0 Å². The first-order valence-electron chi connectivity index (χ1n) is 11.4. The maximum Gasteiger partial charge on any atom is 0.251 e. The van der Waals surface area contributed by atoms with Gasteiger partial charge >= 0.3 is 0 Å². The number of halogens is 1. The minimum Gasteiger partial charge on any atom is -0.372 e. The smallest absolute Gasteiger partial charge is 0.251 e. The zero-order chi connectivity index (χ0) is 24.0. The van der Waals surface area contributed by atoms with Gasteiger partial charge in [0, 0.05) is 36.4 Å². The summed E-state index contributed by atoms with van der Waals surface area (Å²) >= 11 is 5.90. The first-order chi connectivity index (χ1) is 15.7. The van der Waals surface area contributed by atoms with E-state index in [9.17, 15) is 9.59 Å². The average Bonchev–Trinajstić information content (AvgIpc) is 2.76. The quantitative estimate of drug-likeness (QED) is 0.610. The molecule has 1 saturated heterocycles. The van der Waals surface area contributed by atoms with Crippen LogP contribution >= 0.6 is 11.6 Å². The number of carbonyl (C=O) groups is 2. The molecule has 0 bridgehead atoms. The second kappa shape index (κ2) is 11.5. The van der Waals surface area contributed by atoms with Gasteiger partial charge in [0.2, 0.25) is 5.91 Å². The molecule has 0 radical (unpaired) electrons. The van der Waals surface area contributed by atoms with E-state index in [2.05, 4.69) is 34.4 Å². The molecule has 178 valence electrons. The molecule has 2 heterocycles. The number of anilines is 1. The van der Waals surface area contributed by atoms with Crippen molar-refractivity contribution >= 4 is 29.2 Å². The van der Waals surface area contributed by atoms with Crippen molar-refractivity contribution in [2.24, 2.45) is 5.92 Å². The zero-order valence-electron chi connectivity index (χ0n) is 19.7. The standard InChI is InChI=1S/C25H33ClN4O3/c1-16(2)11-22(29-24(31)20-6-8-21(26)9-7-20)25(32)28-13-19-5-10-23(27-12-19)30-14-17(3)33-18(4)15-30/h5-10,12,16-18,22H,11,13-15H2,1-4H3,(H,28,32)(H,29,31). The molecule has 2 N–H and O–H groups in total. The van der Waals surface area contributed by atoms with Gasteiger partial charge in [-0.3, -0.25) is 9.59 Å². The van der Waals surface area contributed by atoms with E-state index in [1.165, 1.54) is 0 Å². The molecule has 3 rings (SSSR count). The molecule has 0 spiro atoms. The van der Waals surface area contributed by atoms with Crippen LogP contribution in [0.15, 0.2) is 42.6 Å². The van der Waals surface area contributed by atoms with Crippen LogP contribution in [0.2, 0.25) is 5.02 Å². The van der Waals surface area contributed by atoms with E-state index in [0.29, 0.717) is 23.6 Å². The highest BCUT2D eigenvalue weighted by Crippen LogP contribution is 2.18. The first kappa shape index (κ1) is 25.0. The van der Waals surface area contributed by atoms with Crippen LogP contribution in [-0.2, 0) is 16.1 Å². The van der Waals surface area contributed by atoms with Crippen molar-refractivity contribution in [3.05, 3.63) is 58.7 Å². The Morgan fingerprint density at radius 2 is 1.79 bits per heavy atom. The summed E-state index contributed by atoms with van der Waals surface area (Å²) < 4.78 is 5.78. The Bertz CT molecular complexity index is 924. The molecule has 1 aromatic carbocycles. The molecule has 3 unspecified atom stereocenters. The summed E-state index contributed by atoms with van der Waals surface area (Å²) in [5, 5.41) is 6.34. The third-order valence-corrected chi connectivity index (χ3v) is 5.71. The molecule has 0 saturated carbocycles. The zero-order valence-corrected chi connectivity index (χ0v) is 20.4. The number of hydrogen-bond acceptors (Lipinski definition) is 5. The van der Waals surface area contributed by atoms with E-state index in [1.54, 1.807) is 30.5 Å². The highest BCUT2D eigenvalue weighted by Gasteiger charge is 2.24. The van der Waals surface area contributed by atoms with E-state index in [1.807, 2.05) is 26.0 Å². The van der Waals surface area contributed by atoms with Crippen LogP contribution in [0.1, 0.15) is 50.0 Å². The monoisotopic (exact) mass is 472 g/mol. The lowest BCUT2D eigenvalue weighted by atomic mass is 10.0. The van der Waals surface area contributed by atoms with Crippen molar-refractivity contribution in [2.45, 2.75) is 58.9 Å². The number of ether oxygens (including phenoxy) is 1. The summed E-state index contributed by atoms with van der Waals surface area (Å²) in [6, 6.07) is 9.91. The van der Waals surface area contributed by atoms with E-state index in [0.717, 1.165) is 24.5 Å². The van der Waals surface area contributed by atoms with Gasteiger partial charge < -0.3 is 20.3 Å². The topological polar surface area (TPSA) is 83.6 Å². The number of hydrogen-bond donors (Lipinski definition) is 2. The molecule has 1 aliphatic heterocycles. The second-order valence-electron chi connectivity index (χ2n) is 9.07. The first-order valence-corrected chi connectivity index (χ1v) is 11.8. The predicted octanol–water partition coefficient (Wildman–Crippen LogP) is 3.81. The summed E-state index contributed by atoms with van der Waals surface area (Å²) in [5.74, 6) is 0.629. The van der Waals surface area contributed by atoms with Crippen molar-refractivity contribution in [3.8, 4) is 0 Å². The molecule has 1 fully saturated rings. The molecular formula is C25H33ClN4O3. The third kappa shape index (κ3) is 7.44. The number of pyridine rings is 1. The highest BCUT2D eigenvalue weighted by atomic mass is 35.5. The summed E-state index contributed by atoms with van der Waals surface area (Å²) in [4.78, 5) is 32.3. The molecule has 2 aromatic rings. The lowest BCUT2D eigenvalue weighted by Crippen LogP contribution is -2.47. The van der Waals surface area contributed by atoms with Crippen LogP contribution in [0.25, 0.3) is 0 Å². The Morgan fingerprint density at radius 1 is 1.12 bits per heavy atom. The van der Waals surface area contributed by atoms with Gasteiger partial charge in [-0.15, -0.1) is 0 Å². The lowest BCUT2D eigenvalue weighted by Gasteiger charge is -2.36. The van der Waals surface area contributed by atoms with E-state index >= 15 is 0 Å². The Hall–Kier alpha value is -2.64. The van der Waals surface area contributed by atoms with Gasteiger partial charge in [0.25, 0.3) is 5.91 Å². The summed E-state index contributed by atoms with van der Waals surface area (Å²) in [7, 11) is 0. The number of aromatic nitrogens is 1. The summed E-state index contributed by atoms with van der Waals surface area (Å²) in [6.45, 7) is 10.1. The fourth-order valence-electron chi connectivity index (χ4n) is 3.93. The average molecular weight is 473 g/mol. The molecule has 0 aliphatic carbocycles. The second-order valence-corrected chi connectivity index (χ2v) is 9.50. The molecule has 3 atom stereocenters. The van der Waals surface area contributed by atoms with Crippen LogP contribution in [0, 0.1) is 5.92 Å². The maximum atomic E-state index is 12.9. The summed E-state index contributed by atoms with van der Waals surface area (Å²) in [6.07, 6.45) is 2.64. The number of benzene rings is 1. The molecule has 33 heavy (non-hydrogen) atoms. The Balaban J connectivity index is 1.58. The van der Waals surface area contributed by atoms with Crippen molar-refractivity contribution < 1.29 is 14.3 Å². The van der Waals surface area contributed by atoms with Gasteiger partial charge in [-0.25, -0.2) is 4.98 Å². The van der Waals surface area contributed by atoms with Gasteiger partial charge in [0.1, 0.15) is 11.9 Å². The highest BCUT2D eigenvalue weighted by molar-refractivity contribution is 6.30. The Kier molecular flexibility index (Phi) is 8.69. The summed E-state index contributed by atoms with van der Waals surface area (Å²) in [5.41, 5.74) is 1.36. The molecule has 7 nitrogen and oxygen atoms in total. The fraction of sp³-hybridized carbons (Fsp3) is 0.480. The third-order valence-electron chi connectivity index (χ3n) is 5.45. The fourth-order valence-corrected chi connectivity index (χ4v) is 4.06. The van der Waals surface area contributed by atoms with Crippen LogP contribution < -0.4 is 15.5 Å². The predicted molar refractivity (Wildman–Crippen MR) is 130 cm³/mol. The SMILES string of the molecule is CC(C)CC(NC(=O)c1ccc(Cl)cc1)C(=O)NCc1ccc(N2CC(C)OC(C)C2)nc1. The molecule has 2 amide bonds. The number of morpholine rings is 1. The Morgan fingerprint density at radius 3 is 2.36 bits per heavy atom. The van der Waals surface area contributed by atoms with Crippen LogP contribution in [0.5, 0.6) is 0 Å². The maximum absolute atomic E-state index is 12.9. The van der Waals surface area contributed by atoms with Crippen molar-refractivity contribution in [1.29, 1.82) is 0 Å². The molecular weight excluding hydrogens is 440 g/mol. The molecule has 1 aliphatic rings. The van der Waals surface area contributed by atoms with Gasteiger partial charge in [0.05, 0.1) is 12.2 Å². The van der Waals surface area contributed by atoms with Gasteiger partial charge in [-0.1, -0.05) is 31.5 Å². The van der Waals surface area contributed by atoms with E-state index in [4.69, 9.17) is 16.3 Å². The van der Waals surface area contributed by atoms with Crippen LogP contribution in [0.3, 0.4) is 0 Å². The van der Waals surface area contributed by atoms with Gasteiger partial charge in [-0.2, -0.15) is 0 Å². The lowest BCUT2D eigenvalue weighted by molar-refractivity contribution is -0.123. The van der Waals surface area contributed by atoms with E-state index < -0.39 is 6.04 Å². The number of nitrogens with zero attached hydrogens (tertiary/aromatic N) is 2. The minimum absolute atomic E-state index is 0.162. The minimum atomic E-state index is -0.628. The Labute approximate surface area is 200 Å². The number of rotatable bonds is 8.